The number of rotatable bonds is 8. The van der Waals surface area contributed by atoms with Gasteiger partial charge in [-0.05, 0) is 42.0 Å². The number of ether oxygens (including phenoxy) is 3. The largest absolute Gasteiger partial charge is 0.497 e. The second-order valence-electron chi connectivity index (χ2n) is 6.01. The van der Waals surface area contributed by atoms with Crippen LogP contribution < -0.4 is 14.2 Å². The van der Waals surface area contributed by atoms with Gasteiger partial charge in [-0.2, -0.15) is 4.98 Å². The zero-order chi connectivity index (χ0) is 20.8. The number of hydrogen-bond donors (Lipinski definition) is 1. The number of methoxy groups -OCH3 is 3. The highest BCUT2D eigenvalue weighted by Gasteiger charge is 2.17. The maximum absolute atomic E-state index is 11.3. The molecule has 8 nitrogen and oxygen atoms in total. The van der Waals surface area contributed by atoms with Gasteiger partial charge in [-0.15, -0.1) is 0 Å². The fraction of sp³-hybridized carbons (Fsp3) is 0.190. The van der Waals surface area contributed by atoms with Crippen molar-refractivity contribution in [1.29, 1.82) is 0 Å². The van der Waals surface area contributed by atoms with Gasteiger partial charge in [0.25, 0.3) is 5.89 Å². The summed E-state index contributed by atoms with van der Waals surface area (Å²) >= 11 is 0. The zero-order valence-electron chi connectivity index (χ0n) is 16.2. The number of nitrogens with zero attached hydrogens (tertiary/aromatic N) is 2. The molecule has 0 fully saturated rings. The molecule has 1 aromatic heterocycles. The van der Waals surface area contributed by atoms with Gasteiger partial charge in [-0.25, -0.2) is 0 Å². The first kappa shape index (κ1) is 19.9. The predicted molar refractivity (Wildman–Crippen MR) is 106 cm³/mol. The molecule has 150 valence electrons. The summed E-state index contributed by atoms with van der Waals surface area (Å²) in [5.74, 6) is 1.24. The topological polar surface area (TPSA) is 104 Å². The Morgan fingerprint density at radius 3 is 2.38 bits per heavy atom. The quantitative estimate of drug-likeness (QED) is 0.613. The van der Waals surface area contributed by atoms with E-state index in [1.165, 1.54) is 7.11 Å². The van der Waals surface area contributed by atoms with E-state index in [1.54, 1.807) is 50.6 Å². The van der Waals surface area contributed by atoms with Crippen molar-refractivity contribution in [3.8, 4) is 28.6 Å². The molecular formula is C21H20N2O6. The molecule has 0 unspecified atom stereocenters. The number of carbonyl (C=O) groups is 1. The minimum absolute atomic E-state index is 0.132. The summed E-state index contributed by atoms with van der Waals surface area (Å²) < 4.78 is 21.0. The van der Waals surface area contributed by atoms with Crippen molar-refractivity contribution < 1.29 is 28.6 Å². The van der Waals surface area contributed by atoms with Gasteiger partial charge >= 0.3 is 5.97 Å². The Bertz CT molecular complexity index is 1020. The van der Waals surface area contributed by atoms with Crippen molar-refractivity contribution in [2.75, 3.05) is 21.3 Å². The summed E-state index contributed by atoms with van der Waals surface area (Å²) in [7, 11) is 4.66. The van der Waals surface area contributed by atoms with E-state index in [0.29, 0.717) is 34.2 Å². The maximum Gasteiger partial charge on any atom is 0.308 e. The molecule has 2 aromatic carbocycles. The summed E-state index contributed by atoms with van der Waals surface area (Å²) in [6.45, 7) is 0. The molecule has 0 amide bonds. The minimum atomic E-state index is -1.00. The van der Waals surface area contributed by atoms with Gasteiger partial charge in [-0.3, -0.25) is 4.79 Å². The first-order chi connectivity index (χ1) is 14.0. The lowest BCUT2D eigenvalue weighted by molar-refractivity contribution is -0.135. The molecule has 0 aliphatic heterocycles. The second-order valence-corrected chi connectivity index (χ2v) is 6.01. The molecule has 0 saturated carbocycles. The van der Waals surface area contributed by atoms with Crippen molar-refractivity contribution in [2.24, 2.45) is 0 Å². The molecule has 0 saturated heterocycles. The SMILES string of the molecule is COc1ccc(/C=C(\CC(=O)O)c2nc(-c3ccc(OC)c(OC)c3)no2)cc1. The molecule has 3 aromatic rings. The lowest BCUT2D eigenvalue weighted by atomic mass is 10.1. The van der Waals surface area contributed by atoms with Gasteiger partial charge in [0, 0.05) is 11.1 Å². The van der Waals surface area contributed by atoms with Crippen LogP contribution in [0.4, 0.5) is 0 Å². The number of hydrogen-bond acceptors (Lipinski definition) is 7. The normalized spacial score (nSPS) is 11.2. The monoisotopic (exact) mass is 396 g/mol. The fourth-order valence-electron chi connectivity index (χ4n) is 2.70. The number of benzene rings is 2. The van der Waals surface area contributed by atoms with Crippen LogP contribution >= 0.6 is 0 Å². The van der Waals surface area contributed by atoms with Crippen LogP contribution in [-0.2, 0) is 4.79 Å². The third-order valence-corrected chi connectivity index (χ3v) is 4.14. The van der Waals surface area contributed by atoms with E-state index in [1.807, 2.05) is 12.1 Å². The molecule has 0 atom stereocenters. The van der Waals surface area contributed by atoms with Crippen LogP contribution in [0.25, 0.3) is 23.0 Å². The van der Waals surface area contributed by atoms with Crippen molar-refractivity contribution >= 4 is 17.6 Å². The molecule has 1 heterocycles. The minimum Gasteiger partial charge on any atom is -0.497 e. The molecule has 0 aliphatic carbocycles. The first-order valence-electron chi connectivity index (χ1n) is 8.67. The van der Waals surface area contributed by atoms with E-state index in [9.17, 15) is 9.90 Å². The van der Waals surface area contributed by atoms with Crippen molar-refractivity contribution in [2.45, 2.75) is 6.42 Å². The van der Waals surface area contributed by atoms with Crippen LogP contribution in [0, 0.1) is 0 Å². The van der Waals surface area contributed by atoms with E-state index < -0.39 is 5.97 Å². The molecule has 3 rings (SSSR count). The second kappa shape index (κ2) is 8.92. The van der Waals surface area contributed by atoms with E-state index in [2.05, 4.69) is 10.1 Å². The third-order valence-electron chi connectivity index (χ3n) is 4.14. The van der Waals surface area contributed by atoms with Gasteiger partial charge < -0.3 is 23.8 Å². The summed E-state index contributed by atoms with van der Waals surface area (Å²) in [5.41, 5.74) is 1.83. The average Bonchev–Trinajstić information content (AvgIpc) is 3.23. The van der Waals surface area contributed by atoms with Gasteiger partial charge in [0.1, 0.15) is 5.75 Å². The van der Waals surface area contributed by atoms with Crippen LogP contribution in [0.1, 0.15) is 17.9 Å². The van der Waals surface area contributed by atoms with E-state index >= 15 is 0 Å². The lowest BCUT2D eigenvalue weighted by Crippen LogP contribution is -1.97. The number of carboxylic acid groups (broad SMARTS) is 1. The molecule has 0 aliphatic rings. The van der Waals surface area contributed by atoms with Gasteiger partial charge in [0.05, 0.1) is 27.8 Å². The smallest absolute Gasteiger partial charge is 0.308 e. The Kier molecular flexibility index (Phi) is 6.13. The summed E-state index contributed by atoms with van der Waals surface area (Å²) in [6.07, 6.45) is 1.43. The van der Waals surface area contributed by atoms with Crippen molar-refractivity contribution in [3.05, 3.63) is 53.9 Å². The van der Waals surface area contributed by atoms with Gasteiger partial charge in [-0.1, -0.05) is 17.3 Å². The fourth-order valence-corrected chi connectivity index (χ4v) is 2.70. The van der Waals surface area contributed by atoms with Crippen LogP contribution in [0.15, 0.2) is 47.0 Å². The van der Waals surface area contributed by atoms with Crippen LogP contribution in [0.3, 0.4) is 0 Å². The first-order valence-corrected chi connectivity index (χ1v) is 8.67. The third kappa shape index (κ3) is 4.73. The standard InChI is InChI=1S/C21H20N2O6/c1-26-16-7-4-13(5-8-16)10-15(12-19(24)25)21-22-20(23-29-21)14-6-9-17(27-2)18(11-14)28-3/h4-11H,12H2,1-3H3,(H,24,25)/b15-10+. The van der Waals surface area contributed by atoms with E-state index in [-0.39, 0.29) is 12.3 Å². The highest BCUT2D eigenvalue weighted by atomic mass is 16.5. The Balaban J connectivity index is 1.95. The molecule has 0 bridgehead atoms. The highest BCUT2D eigenvalue weighted by Crippen LogP contribution is 2.32. The molecular weight excluding hydrogens is 376 g/mol. The Morgan fingerprint density at radius 1 is 1.03 bits per heavy atom. The van der Waals surface area contributed by atoms with Crippen molar-refractivity contribution in [3.63, 3.8) is 0 Å². The lowest BCUT2D eigenvalue weighted by Gasteiger charge is -2.07. The maximum atomic E-state index is 11.3. The van der Waals surface area contributed by atoms with Crippen molar-refractivity contribution in [1.82, 2.24) is 10.1 Å². The highest BCUT2D eigenvalue weighted by molar-refractivity contribution is 5.89. The van der Waals surface area contributed by atoms with Gasteiger partial charge in [0.15, 0.2) is 11.5 Å². The molecule has 29 heavy (non-hydrogen) atoms. The Morgan fingerprint density at radius 2 is 1.76 bits per heavy atom. The van der Waals surface area contributed by atoms with E-state index in [0.717, 1.165) is 5.56 Å². The van der Waals surface area contributed by atoms with Gasteiger partial charge in [0.2, 0.25) is 5.82 Å². The van der Waals surface area contributed by atoms with Crippen LogP contribution in [-0.4, -0.2) is 42.5 Å². The molecule has 0 radical (unpaired) electrons. The summed E-state index contributed by atoms with van der Waals surface area (Å²) in [4.78, 5) is 15.7. The number of aromatic nitrogens is 2. The Hall–Kier alpha value is -3.81. The average molecular weight is 396 g/mol. The summed E-state index contributed by atoms with van der Waals surface area (Å²) in [5, 5.41) is 13.3. The van der Waals surface area contributed by atoms with Crippen LogP contribution in [0.2, 0.25) is 0 Å². The zero-order valence-corrected chi connectivity index (χ0v) is 16.2. The molecule has 8 heteroatoms. The number of carboxylic acids is 1. The Labute approximate surface area is 167 Å². The number of aliphatic carboxylic acids is 1. The molecule has 1 N–H and O–H groups in total. The van der Waals surface area contributed by atoms with E-state index in [4.69, 9.17) is 18.7 Å². The predicted octanol–water partition coefficient (Wildman–Crippen LogP) is 3.78. The molecule has 0 spiro atoms. The summed E-state index contributed by atoms with van der Waals surface area (Å²) in [6, 6.07) is 12.4. The van der Waals surface area contributed by atoms with Crippen LogP contribution in [0.5, 0.6) is 17.2 Å².